The number of hydrogen-bond acceptors (Lipinski definition) is 3. The number of aryl methyl sites for hydroxylation is 1. The third-order valence-electron chi connectivity index (χ3n) is 4.10. The van der Waals surface area contributed by atoms with Crippen molar-refractivity contribution in [1.82, 2.24) is 4.90 Å². The predicted octanol–water partition coefficient (Wildman–Crippen LogP) is 4.07. The van der Waals surface area contributed by atoms with Crippen LogP contribution in [0, 0.1) is 6.92 Å². The first kappa shape index (κ1) is 21.1. The number of likely N-dealkylation sites (N-methyl/N-ethyl adjacent to an activating group) is 1. The maximum atomic E-state index is 12.8. The average Bonchev–Trinajstić information content (AvgIpc) is 2.58. The van der Waals surface area contributed by atoms with Crippen LogP contribution in [-0.2, 0) is 9.59 Å². The van der Waals surface area contributed by atoms with Gasteiger partial charge in [-0.25, -0.2) is 0 Å². The van der Waals surface area contributed by atoms with E-state index < -0.39 is 0 Å². The van der Waals surface area contributed by atoms with Crippen LogP contribution in [0.4, 0.5) is 11.4 Å². The van der Waals surface area contributed by atoms with Gasteiger partial charge in [-0.2, -0.15) is 0 Å². The monoisotopic (exact) mass is 431 g/mol. The molecular formula is C21H26BrN3O2. The molecule has 27 heavy (non-hydrogen) atoms. The summed E-state index contributed by atoms with van der Waals surface area (Å²) in [5.74, 6) is -0.183. The van der Waals surface area contributed by atoms with Gasteiger partial charge in [0, 0.05) is 21.9 Å². The Labute approximate surface area is 169 Å². The summed E-state index contributed by atoms with van der Waals surface area (Å²) in [7, 11) is 1.77. The SMILES string of the molecule is Cc1cc(Br)ccc1NC(=O)CN(C)CC(=O)N(c1ccccc1)C(C)C. The third kappa shape index (κ3) is 6.19. The number of amides is 2. The minimum absolute atomic E-state index is 0.0348. The van der Waals surface area contributed by atoms with Crippen LogP contribution >= 0.6 is 15.9 Å². The van der Waals surface area contributed by atoms with Gasteiger partial charge in [-0.15, -0.1) is 0 Å². The van der Waals surface area contributed by atoms with Crippen molar-refractivity contribution >= 4 is 39.1 Å². The van der Waals surface area contributed by atoms with Crippen LogP contribution in [0.25, 0.3) is 0 Å². The fraction of sp³-hybridized carbons (Fsp3) is 0.333. The van der Waals surface area contributed by atoms with Gasteiger partial charge >= 0.3 is 0 Å². The Balaban J connectivity index is 1.96. The Morgan fingerprint density at radius 1 is 1.07 bits per heavy atom. The molecule has 144 valence electrons. The van der Waals surface area contributed by atoms with E-state index in [0.717, 1.165) is 21.4 Å². The lowest BCUT2D eigenvalue weighted by Gasteiger charge is -2.29. The summed E-state index contributed by atoms with van der Waals surface area (Å²) in [6.45, 7) is 6.21. The Hall–Kier alpha value is -2.18. The highest BCUT2D eigenvalue weighted by Crippen LogP contribution is 2.20. The van der Waals surface area contributed by atoms with Crippen LogP contribution in [-0.4, -0.2) is 42.9 Å². The molecule has 0 spiro atoms. The molecule has 0 bridgehead atoms. The minimum Gasteiger partial charge on any atom is -0.325 e. The maximum Gasteiger partial charge on any atom is 0.241 e. The zero-order valence-corrected chi connectivity index (χ0v) is 17.8. The molecule has 0 saturated carbocycles. The molecule has 0 atom stereocenters. The van der Waals surface area contributed by atoms with Gasteiger partial charge in [0.2, 0.25) is 11.8 Å². The number of halogens is 1. The molecule has 2 amide bonds. The van der Waals surface area contributed by atoms with Gasteiger partial charge in [-0.05, 0) is 63.7 Å². The molecule has 1 N–H and O–H groups in total. The Bertz CT molecular complexity index is 793. The second-order valence-corrected chi connectivity index (χ2v) is 7.79. The number of benzene rings is 2. The number of hydrogen-bond donors (Lipinski definition) is 1. The molecule has 0 aliphatic carbocycles. The number of rotatable bonds is 7. The summed E-state index contributed by atoms with van der Waals surface area (Å²) in [6, 6.07) is 15.3. The molecule has 0 fully saturated rings. The molecule has 2 aromatic carbocycles. The summed E-state index contributed by atoms with van der Waals surface area (Å²) in [4.78, 5) is 28.6. The van der Waals surface area contributed by atoms with Crippen LogP contribution in [0.15, 0.2) is 53.0 Å². The van der Waals surface area contributed by atoms with Gasteiger partial charge in [-0.3, -0.25) is 14.5 Å². The zero-order chi connectivity index (χ0) is 20.0. The van der Waals surface area contributed by atoms with E-state index in [9.17, 15) is 9.59 Å². The molecule has 0 radical (unpaired) electrons. The van der Waals surface area contributed by atoms with Crippen LogP contribution in [0.1, 0.15) is 19.4 Å². The first-order chi connectivity index (χ1) is 12.8. The lowest BCUT2D eigenvalue weighted by atomic mass is 10.2. The van der Waals surface area contributed by atoms with Crippen LogP contribution in [0.2, 0.25) is 0 Å². The molecular weight excluding hydrogens is 406 g/mol. The Morgan fingerprint density at radius 3 is 2.33 bits per heavy atom. The van der Waals surface area contributed by atoms with Gasteiger partial charge in [0.05, 0.1) is 13.1 Å². The summed E-state index contributed by atoms with van der Waals surface area (Å²) in [5.41, 5.74) is 2.61. The fourth-order valence-corrected chi connectivity index (χ4v) is 3.36. The van der Waals surface area contributed by atoms with E-state index in [4.69, 9.17) is 0 Å². The Morgan fingerprint density at radius 2 is 1.74 bits per heavy atom. The van der Waals surface area contributed by atoms with Crippen molar-refractivity contribution < 1.29 is 9.59 Å². The number of anilines is 2. The molecule has 6 heteroatoms. The number of nitrogens with zero attached hydrogens (tertiary/aromatic N) is 2. The van der Waals surface area contributed by atoms with Crippen molar-refractivity contribution in [2.75, 3.05) is 30.4 Å². The highest BCUT2D eigenvalue weighted by atomic mass is 79.9. The summed E-state index contributed by atoms with van der Waals surface area (Å²) in [5, 5.41) is 2.90. The Kier molecular flexibility index (Phi) is 7.56. The number of carbonyl (C=O) groups is 2. The van der Waals surface area contributed by atoms with E-state index >= 15 is 0 Å². The molecule has 0 saturated heterocycles. The molecule has 2 aromatic rings. The summed E-state index contributed by atoms with van der Waals surface area (Å²) in [6.07, 6.45) is 0. The number of para-hydroxylation sites is 1. The van der Waals surface area contributed by atoms with E-state index in [1.54, 1.807) is 16.8 Å². The van der Waals surface area contributed by atoms with Gasteiger partial charge in [0.1, 0.15) is 0 Å². The van der Waals surface area contributed by atoms with Crippen LogP contribution in [0.3, 0.4) is 0 Å². The van der Waals surface area contributed by atoms with Crippen molar-refractivity contribution in [2.24, 2.45) is 0 Å². The first-order valence-electron chi connectivity index (χ1n) is 8.89. The van der Waals surface area contributed by atoms with E-state index in [0.29, 0.717) is 0 Å². The topological polar surface area (TPSA) is 52.7 Å². The molecule has 5 nitrogen and oxygen atoms in total. The normalized spacial score (nSPS) is 10.9. The molecule has 0 aromatic heterocycles. The average molecular weight is 432 g/mol. The van der Waals surface area contributed by atoms with Crippen molar-refractivity contribution in [2.45, 2.75) is 26.8 Å². The number of carbonyl (C=O) groups excluding carboxylic acids is 2. The largest absolute Gasteiger partial charge is 0.325 e. The highest BCUT2D eigenvalue weighted by Gasteiger charge is 2.21. The van der Waals surface area contributed by atoms with Crippen LogP contribution < -0.4 is 10.2 Å². The van der Waals surface area contributed by atoms with Crippen molar-refractivity contribution in [1.29, 1.82) is 0 Å². The van der Waals surface area contributed by atoms with Crippen LogP contribution in [0.5, 0.6) is 0 Å². The van der Waals surface area contributed by atoms with Crippen molar-refractivity contribution in [3.63, 3.8) is 0 Å². The fourth-order valence-electron chi connectivity index (χ4n) is 2.88. The van der Waals surface area contributed by atoms with Crippen molar-refractivity contribution in [3.8, 4) is 0 Å². The van der Waals surface area contributed by atoms with Gasteiger partial charge in [-0.1, -0.05) is 34.1 Å². The lowest BCUT2D eigenvalue weighted by Crippen LogP contribution is -2.44. The quantitative estimate of drug-likeness (QED) is 0.718. The second kappa shape index (κ2) is 9.67. The van der Waals surface area contributed by atoms with Crippen molar-refractivity contribution in [3.05, 3.63) is 58.6 Å². The minimum atomic E-state index is -0.147. The molecule has 0 heterocycles. The third-order valence-corrected chi connectivity index (χ3v) is 4.59. The zero-order valence-electron chi connectivity index (χ0n) is 16.2. The summed E-state index contributed by atoms with van der Waals surface area (Å²) >= 11 is 3.41. The second-order valence-electron chi connectivity index (χ2n) is 6.87. The molecule has 2 rings (SSSR count). The lowest BCUT2D eigenvalue weighted by molar-refractivity contribution is -0.121. The van der Waals surface area contributed by atoms with Gasteiger partial charge < -0.3 is 10.2 Å². The predicted molar refractivity (Wildman–Crippen MR) is 114 cm³/mol. The van der Waals surface area contributed by atoms with E-state index in [1.165, 1.54) is 0 Å². The van der Waals surface area contributed by atoms with E-state index in [-0.39, 0.29) is 30.9 Å². The van der Waals surface area contributed by atoms with Gasteiger partial charge in [0.25, 0.3) is 0 Å². The van der Waals surface area contributed by atoms with E-state index in [1.807, 2.05) is 69.3 Å². The summed E-state index contributed by atoms with van der Waals surface area (Å²) < 4.78 is 0.968. The molecule has 0 aliphatic rings. The first-order valence-corrected chi connectivity index (χ1v) is 9.69. The smallest absolute Gasteiger partial charge is 0.241 e. The molecule has 0 aliphatic heterocycles. The van der Waals surface area contributed by atoms with E-state index in [2.05, 4.69) is 21.2 Å². The standard InChI is InChI=1S/C21H26BrN3O2/c1-15(2)25(18-8-6-5-7-9-18)21(27)14-24(4)13-20(26)23-19-11-10-17(22)12-16(19)3/h5-12,15H,13-14H2,1-4H3,(H,23,26). The number of nitrogens with one attached hydrogen (secondary N) is 1. The molecule has 0 unspecified atom stereocenters. The maximum absolute atomic E-state index is 12.8. The van der Waals surface area contributed by atoms with Gasteiger partial charge in [0.15, 0.2) is 0 Å². The highest BCUT2D eigenvalue weighted by molar-refractivity contribution is 9.10.